The first kappa shape index (κ1) is 18.5. The molecule has 114 valence electrons. The molecule has 0 aliphatic carbocycles. The van der Waals surface area contributed by atoms with Gasteiger partial charge in [-0.25, -0.2) is 0 Å². The maximum absolute atomic E-state index is 10.4. The molecule has 0 amide bonds. The van der Waals surface area contributed by atoms with Crippen LogP contribution < -0.4 is 0 Å². The van der Waals surface area contributed by atoms with Crippen molar-refractivity contribution in [3.05, 3.63) is 0 Å². The summed E-state index contributed by atoms with van der Waals surface area (Å²) in [7, 11) is 0. The fraction of sp³-hybridized carbons (Fsp3) is 0.941. The summed E-state index contributed by atoms with van der Waals surface area (Å²) in [5.74, 6) is 0.962. The van der Waals surface area contributed by atoms with Gasteiger partial charge >= 0.3 is 5.97 Å². The van der Waals surface area contributed by atoms with Gasteiger partial charge in [-0.3, -0.25) is 4.79 Å². The molecule has 0 aromatic heterocycles. The smallest absolute Gasteiger partial charge is 0.303 e. The summed E-state index contributed by atoms with van der Waals surface area (Å²) in [6, 6.07) is 0. The largest absolute Gasteiger partial charge is 0.481 e. The van der Waals surface area contributed by atoms with Crippen molar-refractivity contribution in [3.8, 4) is 0 Å². The highest BCUT2D eigenvalue weighted by Crippen LogP contribution is 2.18. The van der Waals surface area contributed by atoms with Crippen molar-refractivity contribution in [1.29, 1.82) is 0 Å². The molecule has 0 aromatic rings. The first-order valence-electron chi connectivity index (χ1n) is 8.24. The molecule has 2 heteroatoms. The Balaban J connectivity index is 3.20. The topological polar surface area (TPSA) is 37.3 Å². The molecule has 0 rings (SSSR count). The van der Waals surface area contributed by atoms with E-state index in [4.69, 9.17) is 5.11 Å². The van der Waals surface area contributed by atoms with Gasteiger partial charge in [0.05, 0.1) is 0 Å². The van der Waals surface area contributed by atoms with E-state index in [0.29, 0.717) is 6.42 Å². The molecule has 0 fully saturated rings. The summed E-state index contributed by atoms with van der Waals surface area (Å²) < 4.78 is 0. The van der Waals surface area contributed by atoms with Crippen LogP contribution in [-0.2, 0) is 4.79 Å². The van der Waals surface area contributed by atoms with E-state index < -0.39 is 5.97 Å². The normalized spacial score (nSPS) is 12.8. The molecule has 0 aromatic carbocycles. The molecule has 0 heterocycles. The van der Waals surface area contributed by atoms with Crippen LogP contribution in [0.2, 0.25) is 0 Å². The molecular weight excluding hydrogens is 236 g/mol. The fourth-order valence-corrected chi connectivity index (χ4v) is 2.49. The average molecular weight is 270 g/mol. The van der Waals surface area contributed by atoms with E-state index in [0.717, 1.165) is 24.7 Å². The van der Waals surface area contributed by atoms with Crippen LogP contribution in [0.5, 0.6) is 0 Å². The van der Waals surface area contributed by atoms with E-state index in [1.165, 1.54) is 51.4 Å². The molecule has 0 spiro atoms. The van der Waals surface area contributed by atoms with Crippen molar-refractivity contribution in [2.75, 3.05) is 0 Å². The number of hydrogen-bond acceptors (Lipinski definition) is 1. The highest BCUT2D eigenvalue weighted by atomic mass is 16.4. The predicted molar refractivity (Wildman–Crippen MR) is 82.4 cm³/mol. The summed E-state index contributed by atoms with van der Waals surface area (Å²) in [6.45, 7) is 6.90. The second-order valence-corrected chi connectivity index (χ2v) is 6.48. The molecular formula is C17H34O2. The summed E-state index contributed by atoms with van der Waals surface area (Å²) >= 11 is 0. The van der Waals surface area contributed by atoms with Gasteiger partial charge in [0.15, 0.2) is 0 Å². The Morgan fingerprint density at radius 3 is 1.79 bits per heavy atom. The minimum atomic E-state index is -0.658. The first-order chi connectivity index (χ1) is 9.02. The third-order valence-corrected chi connectivity index (χ3v) is 3.82. The Bertz CT molecular complexity index is 211. The van der Waals surface area contributed by atoms with E-state index in [9.17, 15) is 4.79 Å². The van der Waals surface area contributed by atoms with Gasteiger partial charge in [-0.05, 0) is 18.3 Å². The number of unbranched alkanes of at least 4 members (excludes halogenated alkanes) is 5. The minimum absolute atomic E-state index is 0.336. The first-order valence-corrected chi connectivity index (χ1v) is 8.24. The second-order valence-electron chi connectivity index (χ2n) is 6.48. The molecule has 2 nitrogen and oxygen atoms in total. The third kappa shape index (κ3) is 15.4. The van der Waals surface area contributed by atoms with Crippen molar-refractivity contribution in [3.63, 3.8) is 0 Å². The van der Waals surface area contributed by atoms with Gasteiger partial charge in [-0.1, -0.05) is 78.6 Å². The minimum Gasteiger partial charge on any atom is -0.481 e. The number of carboxylic acids is 1. The van der Waals surface area contributed by atoms with Gasteiger partial charge < -0.3 is 5.11 Å². The van der Waals surface area contributed by atoms with Crippen LogP contribution >= 0.6 is 0 Å². The average Bonchev–Trinajstić information content (AvgIpc) is 2.33. The lowest BCUT2D eigenvalue weighted by molar-refractivity contribution is -0.137. The Labute approximate surface area is 120 Å². The number of aliphatic carboxylic acids is 1. The third-order valence-electron chi connectivity index (χ3n) is 3.82. The van der Waals surface area contributed by atoms with E-state index in [1.54, 1.807) is 0 Å². The molecule has 19 heavy (non-hydrogen) atoms. The lowest BCUT2D eigenvalue weighted by Crippen LogP contribution is -1.98. The molecule has 1 N–H and O–H groups in total. The maximum atomic E-state index is 10.4. The van der Waals surface area contributed by atoms with Crippen LogP contribution in [0.3, 0.4) is 0 Å². The van der Waals surface area contributed by atoms with E-state index >= 15 is 0 Å². The van der Waals surface area contributed by atoms with Gasteiger partial charge in [-0.2, -0.15) is 0 Å². The van der Waals surface area contributed by atoms with Crippen LogP contribution in [0.4, 0.5) is 0 Å². The Kier molecular flexibility index (Phi) is 12.2. The second kappa shape index (κ2) is 12.5. The Morgan fingerprint density at radius 1 is 0.789 bits per heavy atom. The lowest BCUT2D eigenvalue weighted by Gasteiger charge is -2.10. The van der Waals surface area contributed by atoms with Crippen LogP contribution in [0.25, 0.3) is 0 Å². The van der Waals surface area contributed by atoms with E-state index in [2.05, 4.69) is 20.8 Å². The zero-order chi connectivity index (χ0) is 14.5. The van der Waals surface area contributed by atoms with Gasteiger partial charge in [0.25, 0.3) is 0 Å². The highest BCUT2D eigenvalue weighted by Gasteiger charge is 2.03. The molecule has 1 unspecified atom stereocenters. The summed E-state index contributed by atoms with van der Waals surface area (Å²) in [4.78, 5) is 10.4. The van der Waals surface area contributed by atoms with Gasteiger partial charge in [-0.15, -0.1) is 0 Å². The molecule has 0 bridgehead atoms. The molecule has 0 radical (unpaired) electrons. The fourth-order valence-electron chi connectivity index (χ4n) is 2.49. The van der Waals surface area contributed by atoms with Crippen molar-refractivity contribution >= 4 is 5.97 Å². The van der Waals surface area contributed by atoms with E-state index in [1.807, 2.05) is 0 Å². The van der Waals surface area contributed by atoms with Crippen molar-refractivity contribution in [2.45, 2.75) is 91.4 Å². The zero-order valence-corrected chi connectivity index (χ0v) is 13.3. The van der Waals surface area contributed by atoms with Crippen LogP contribution in [-0.4, -0.2) is 11.1 Å². The van der Waals surface area contributed by atoms with E-state index in [-0.39, 0.29) is 0 Å². The maximum Gasteiger partial charge on any atom is 0.303 e. The monoisotopic (exact) mass is 270 g/mol. The summed E-state index contributed by atoms with van der Waals surface area (Å²) in [5.41, 5.74) is 0. The number of hydrogen-bond donors (Lipinski definition) is 1. The summed E-state index contributed by atoms with van der Waals surface area (Å²) in [6.07, 6.45) is 13.0. The van der Waals surface area contributed by atoms with Crippen molar-refractivity contribution < 1.29 is 9.90 Å². The van der Waals surface area contributed by atoms with Crippen molar-refractivity contribution in [2.24, 2.45) is 11.8 Å². The Morgan fingerprint density at radius 2 is 1.26 bits per heavy atom. The van der Waals surface area contributed by atoms with Crippen LogP contribution in [0.1, 0.15) is 91.4 Å². The molecule has 0 saturated carbocycles. The standard InChI is InChI=1S/C17H34O2/c1-15(2)11-7-5-4-6-8-12-16(3)13-9-10-14-17(18)19/h15-16H,4-14H2,1-3H3,(H,18,19). The molecule has 0 aliphatic rings. The number of carboxylic acid groups (broad SMARTS) is 1. The molecule has 0 saturated heterocycles. The highest BCUT2D eigenvalue weighted by molar-refractivity contribution is 5.66. The quantitative estimate of drug-likeness (QED) is 0.439. The number of rotatable bonds is 13. The number of carbonyl (C=O) groups is 1. The van der Waals surface area contributed by atoms with Gasteiger partial charge in [0, 0.05) is 6.42 Å². The lowest BCUT2D eigenvalue weighted by atomic mass is 9.96. The molecule has 0 aliphatic heterocycles. The Hall–Kier alpha value is -0.530. The van der Waals surface area contributed by atoms with Crippen LogP contribution in [0.15, 0.2) is 0 Å². The SMILES string of the molecule is CC(C)CCCCCCCC(C)CCCCC(=O)O. The summed E-state index contributed by atoms with van der Waals surface area (Å²) in [5, 5.41) is 8.56. The molecule has 1 atom stereocenters. The predicted octanol–water partition coefficient (Wildman–Crippen LogP) is 5.65. The van der Waals surface area contributed by atoms with Gasteiger partial charge in [0.2, 0.25) is 0 Å². The zero-order valence-electron chi connectivity index (χ0n) is 13.3. The van der Waals surface area contributed by atoms with Crippen molar-refractivity contribution in [1.82, 2.24) is 0 Å². The van der Waals surface area contributed by atoms with Gasteiger partial charge in [0.1, 0.15) is 0 Å². The van der Waals surface area contributed by atoms with Crippen LogP contribution in [0, 0.1) is 11.8 Å².